The maximum atomic E-state index is 12.2. The van der Waals surface area contributed by atoms with Gasteiger partial charge in [-0.05, 0) is 26.0 Å². The molecule has 0 radical (unpaired) electrons. The first-order chi connectivity index (χ1) is 9.12. The standard InChI is InChI=1S/C13H23N3O3S/c1-13(2,19-5)9-15-10-7-6-8-11(12(10)14)20(17,18)16(3)4/h6-8,15H,9,14H2,1-5H3. The van der Waals surface area contributed by atoms with E-state index >= 15 is 0 Å². The molecule has 0 aliphatic rings. The monoisotopic (exact) mass is 301 g/mol. The first kappa shape index (κ1) is 16.7. The number of rotatable bonds is 6. The van der Waals surface area contributed by atoms with Crippen molar-refractivity contribution in [3.05, 3.63) is 18.2 Å². The molecule has 6 nitrogen and oxygen atoms in total. The van der Waals surface area contributed by atoms with Crippen LogP contribution in [0.15, 0.2) is 23.1 Å². The van der Waals surface area contributed by atoms with Gasteiger partial charge in [0, 0.05) is 27.7 Å². The first-order valence-corrected chi connectivity index (χ1v) is 7.66. The minimum atomic E-state index is -3.55. The van der Waals surface area contributed by atoms with Crippen LogP contribution in [0.5, 0.6) is 0 Å². The summed E-state index contributed by atoms with van der Waals surface area (Å²) in [4.78, 5) is 0.0997. The molecule has 0 fully saturated rings. The fourth-order valence-electron chi connectivity index (χ4n) is 1.50. The zero-order valence-electron chi connectivity index (χ0n) is 12.6. The molecule has 3 N–H and O–H groups in total. The molecule has 0 atom stereocenters. The van der Waals surface area contributed by atoms with Crippen molar-refractivity contribution < 1.29 is 13.2 Å². The van der Waals surface area contributed by atoms with Gasteiger partial charge in [-0.25, -0.2) is 12.7 Å². The predicted octanol–water partition coefficient (Wildman–Crippen LogP) is 1.36. The third kappa shape index (κ3) is 3.62. The number of ether oxygens (including phenoxy) is 1. The van der Waals surface area contributed by atoms with Gasteiger partial charge in [0.25, 0.3) is 0 Å². The highest BCUT2D eigenvalue weighted by Gasteiger charge is 2.22. The molecule has 0 spiro atoms. The third-order valence-corrected chi connectivity index (χ3v) is 4.96. The van der Waals surface area contributed by atoms with Crippen molar-refractivity contribution in [2.24, 2.45) is 0 Å². The second kappa shape index (κ2) is 5.99. The van der Waals surface area contributed by atoms with Crippen LogP contribution in [-0.2, 0) is 14.8 Å². The van der Waals surface area contributed by atoms with Gasteiger partial charge >= 0.3 is 0 Å². The lowest BCUT2D eigenvalue weighted by Crippen LogP contribution is -2.32. The van der Waals surface area contributed by atoms with Crippen molar-refractivity contribution in [2.45, 2.75) is 24.3 Å². The Kier molecular flexibility index (Phi) is 5.01. The Balaban J connectivity index is 3.09. The predicted molar refractivity (Wildman–Crippen MR) is 81.3 cm³/mol. The molecule has 1 rings (SSSR count). The Hall–Kier alpha value is -1.31. The van der Waals surface area contributed by atoms with Gasteiger partial charge in [0.2, 0.25) is 10.0 Å². The van der Waals surface area contributed by atoms with Crippen molar-refractivity contribution >= 4 is 21.4 Å². The molecule has 20 heavy (non-hydrogen) atoms. The summed E-state index contributed by atoms with van der Waals surface area (Å²) in [6.07, 6.45) is 0. The van der Waals surface area contributed by atoms with Crippen LogP contribution in [0.25, 0.3) is 0 Å². The Bertz CT molecular complexity index is 568. The SMILES string of the molecule is COC(C)(C)CNc1cccc(S(=O)(=O)N(C)C)c1N. The maximum Gasteiger partial charge on any atom is 0.244 e. The number of nitrogens with one attached hydrogen (secondary N) is 1. The molecular weight excluding hydrogens is 278 g/mol. The lowest BCUT2D eigenvalue weighted by molar-refractivity contribution is 0.0344. The van der Waals surface area contributed by atoms with Gasteiger partial charge in [-0.15, -0.1) is 0 Å². The second-order valence-corrected chi connectivity index (χ2v) is 7.44. The average molecular weight is 301 g/mol. The summed E-state index contributed by atoms with van der Waals surface area (Å²) in [7, 11) is 1.02. The Morgan fingerprint density at radius 3 is 2.45 bits per heavy atom. The van der Waals surface area contributed by atoms with Gasteiger partial charge in [-0.1, -0.05) is 6.07 Å². The summed E-state index contributed by atoms with van der Waals surface area (Å²) >= 11 is 0. The third-order valence-electron chi connectivity index (χ3n) is 3.08. The summed E-state index contributed by atoms with van der Waals surface area (Å²) in [5.74, 6) is 0. The number of nitrogen functional groups attached to an aromatic ring is 1. The van der Waals surface area contributed by atoms with Crippen molar-refractivity contribution in [1.29, 1.82) is 0 Å². The maximum absolute atomic E-state index is 12.2. The minimum Gasteiger partial charge on any atom is -0.396 e. The van der Waals surface area contributed by atoms with Gasteiger partial charge in [0.1, 0.15) is 4.90 Å². The molecule has 0 aromatic heterocycles. The molecule has 0 unspecified atom stereocenters. The van der Waals surface area contributed by atoms with Gasteiger partial charge < -0.3 is 15.8 Å². The van der Waals surface area contributed by atoms with E-state index in [1.807, 2.05) is 13.8 Å². The molecule has 0 bridgehead atoms. The van der Waals surface area contributed by atoms with E-state index in [0.717, 1.165) is 4.31 Å². The average Bonchev–Trinajstić information content (AvgIpc) is 2.37. The molecule has 0 saturated heterocycles. The molecule has 0 aliphatic heterocycles. The van der Waals surface area contributed by atoms with E-state index in [1.165, 1.54) is 20.2 Å². The number of anilines is 2. The summed E-state index contributed by atoms with van der Waals surface area (Å²) in [5, 5.41) is 3.12. The summed E-state index contributed by atoms with van der Waals surface area (Å²) in [5.41, 5.74) is 6.39. The van der Waals surface area contributed by atoms with Crippen LogP contribution >= 0.6 is 0 Å². The normalized spacial score (nSPS) is 12.7. The molecule has 0 heterocycles. The number of methoxy groups -OCH3 is 1. The van der Waals surface area contributed by atoms with Crippen molar-refractivity contribution in [1.82, 2.24) is 4.31 Å². The summed E-state index contributed by atoms with van der Waals surface area (Å²) in [6, 6.07) is 4.90. The largest absolute Gasteiger partial charge is 0.396 e. The van der Waals surface area contributed by atoms with E-state index in [-0.39, 0.29) is 16.2 Å². The van der Waals surface area contributed by atoms with Crippen molar-refractivity contribution in [3.63, 3.8) is 0 Å². The van der Waals surface area contributed by atoms with Crippen LogP contribution in [0.4, 0.5) is 11.4 Å². The van der Waals surface area contributed by atoms with E-state index in [9.17, 15) is 8.42 Å². The van der Waals surface area contributed by atoms with E-state index in [0.29, 0.717) is 12.2 Å². The fourth-order valence-corrected chi connectivity index (χ4v) is 2.53. The quantitative estimate of drug-likeness (QED) is 0.775. The molecule has 1 aromatic rings. The first-order valence-electron chi connectivity index (χ1n) is 6.22. The number of nitrogens with two attached hydrogens (primary N) is 1. The van der Waals surface area contributed by atoms with Crippen molar-refractivity contribution in [2.75, 3.05) is 38.8 Å². The number of benzene rings is 1. The molecule has 7 heteroatoms. The van der Waals surface area contributed by atoms with Gasteiger partial charge in [-0.3, -0.25) is 0 Å². The highest BCUT2D eigenvalue weighted by Crippen LogP contribution is 2.28. The molecule has 0 aliphatic carbocycles. The summed E-state index contributed by atoms with van der Waals surface area (Å²) < 4.78 is 30.8. The minimum absolute atomic E-state index is 0.0997. The van der Waals surface area contributed by atoms with Gasteiger partial charge in [0.15, 0.2) is 0 Å². The molecule has 0 saturated carbocycles. The molecular formula is C13H23N3O3S. The molecule has 0 amide bonds. The zero-order valence-corrected chi connectivity index (χ0v) is 13.4. The Morgan fingerprint density at radius 1 is 1.35 bits per heavy atom. The van der Waals surface area contributed by atoms with E-state index in [2.05, 4.69) is 5.32 Å². The van der Waals surface area contributed by atoms with Crippen LogP contribution < -0.4 is 11.1 Å². The number of para-hydroxylation sites is 1. The molecule has 114 valence electrons. The highest BCUT2D eigenvalue weighted by molar-refractivity contribution is 7.89. The fraction of sp³-hybridized carbons (Fsp3) is 0.538. The van der Waals surface area contributed by atoms with E-state index < -0.39 is 10.0 Å². The van der Waals surface area contributed by atoms with Gasteiger partial charge in [0.05, 0.1) is 17.0 Å². The Labute approximate surface area is 121 Å². The lowest BCUT2D eigenvalue weighted by Gasteiger charge is -2.24. The van der Waals surface area contributed by atoms with E-state index in [4.69, 9.17) is 10.5 Å². The van der Waals surface area contributed by atoms with Crippen molar-refractivity contribution in [3.8, 4) is 0 Å². The van der Waals surface area contributed by atoms with E-state index in [1.54, 1.807) is 19.2 Å². The molecule has 1 aromatic carbocycles. The zero-order chi connectivity index (χ0) is 15.6. The van der Waals surface area contributed by atoms with Crippen LogP contribution in [-0.4, -0.2) is 46.1 Å². The van der Waals surface area contributed by atoms with Crippen LogP contribution in [0.2, 0.25) is 0 Å². The summed E-state index contributed by atoms with van der Waals surface area (Å²) in [6.45, 7) is 4.37. The lowest BCUT2D eigenvalue weighted by atomic mass is 10.1. The topological polar surface area (TPSA) is 84.7 Å². The highest BCUT2D eigenvalue weighted by atomic mass is 32.2. The van der Waals surface area contributed by atoms with Gasteiger partial charge in [-0.2, -0.15) is 0 Å². The van der Waals surface area contributed by atoms with Crippen LogP contribution in [0.3, 0.4) is 0 Å². The smallest absolute Gasteiger partial charge is 0.244 e. The second-order valence-electron chi connectivity index (χ2n) is 5.32. The number of nitrogens with zero attached hydrogens (tertiary/aromatic N) is 1. The Morgan fingerprint density at radius 2 is 1.95 bits per heavy atom. The number of hydrogen-bond acceptors (Lipinski definition) is 5. The number of hydrogen-bond donors (Lipinski definition) is 2. The van der Waals surface area contributed by atoms with Crippen LogP contribution in [0.1, 0.15) is 13.8 Å². The number of sulfonamides is 1. The van der Waals surface area contributed by atoms with Crippen LogP contribution in [0, 0.1) is 0 Å².